The lowest BCUT2D eigenvalue weighted by Crippen LogP contribution is -2.41. The molecule has 1 aromatic heterocycles. The van der Waals surface area contributed by atoms with Gasteiger partial charge in [-0.3, -0.25) is 14.7 Å². The number of ether oxygens (including phenoxy) is 1. The Morgan fingerprint density at radius 1 is 1.17 bits per heavy atom. The van der Waals surface area contributed by atoms with E-state index in [1.165, 1.54) is 0 Å². The predicted molar refractivity (Wildman–Crippen MR) is 89.3 cm³/mol. The second-order valence-corrected chi connectivity index (χ2v) is 5.51. The molecule has 2 aromatic rings. The van der Waals surface area contributed by atoms with Crippen LogP contribution in [-0.4, -0.2) is 55.2 Å². The topological polar surface area (TPSA) is 54.5 Å². The second-order valence-electron chi connectivity index (χ2n) is 5.51. The van der Waals surface area contributed by atoms with Gasteiger partial charge in [0.2, 0.25) is 0 Å². The zero-order valence-corrected chi connectivity index (χ0v) is 13.1. The fraction of sp³-hybridized carbons (Fsp3) is 0.333. The summed E-state index contributed by atoms with van der Waals surface area (Å²) in [4.78, 5) is 18.9. The number of hydrogen-bond acceptors (Lipinski definition) is 4. The number of nitrogens with one attached hydrogen (secondary N) is 1. The van der Waals surface area contributed by atoms with E-state index in [1.54, 1.807) is 12.3 Å². The zero-order valence-electron chi connectivity index (χ0n) is 13.1. The summed E-state index contributed by atoms with van der Waals surface area (Å²) in [5, 5.41) is 2.98. The van der Waals surface area contributed by atoms with Crippen molar-refractivity contribution in [3.05, 3.63) is 54.2 Å². The molecule has 0 aliphatic carbocycles. The predicted octanol–water partition coefficient (Wildman–Crippen LogP) is 1.81. The van der Waals surface area contributed by atoms with E-state index >= 15 is 0 Å². The number of hydrogen-bond donors (Lipinski definition) is 1. The Morgan fingerprint density at radius 3 is 2.74 bits per heavy atom. The van der Waals surface area contributed by atoms with Crippen LogP contribution in [0.3, 0.4) is 0 Å². The molecule has 0 atom stereocenters. The van der Waals surface area contributed by atoms with Crippen LogP contribution in [0.2, 0.25) is 0 Å². The molecule has 1 amide bonds. The monoisotopic (exact) mass is 311 g/mol. The number of morpholine rings is 1. The number of amides is 1. The highest BCUT2D eigenvalue weighted by molar-refractivity contribution is 5.95. The van der Waals surface area contributed by atoms with Gasteiger partial charge in [0, 0.05) is 43.5 Å². The maximum Gasteiger partial charge on any atom is 0.251 e. The Labute approximate surface area is 136 Å². The van der Waals surface area contributed by atoms with Crippen LogP contribution < -0.4 is 5.32 Å². The molecular weight excluding hydrogens is 290 g/mol. The van der Waals surface area contributed by atoms with Gasteiger partial charge in [0.25, 0.3) is 5.91 Å². The summed E-state index contributed by atoms with van der Waals surface area (Å²) in [5.41, 5.74) is 2.46. The van der Waals surface area contributed by atoms with E-state index < -0.39 is 0 Å². The van der Waals surface area contributed by atoms with Crippen LogP contribution in [0.1, 0.15) is 10.4 Å². The third-order valence-corrected chi connectivity index (χ3v) is 3.91. The molecule has 1 saturated heterocycles. The first-order valence-electron chi connectivity index (χ1n) is 7.93. The summed E-state index contributed by atoms with van der Waals surface area (Å²) < 4.78 is 5.32. The molecule has 0 saturated carbocycles. The Kier molecular flexibility index (Phi) is 5.34. The molecule has 1 N–H and O–H groups in total. The van der Waals surface area contributed by atoms with Gasteiger partial charge in [-0.25, -0.2) is 0 Å². The van der Waals surface area contributed by atoms with Crippen molar-refractivity contribution in [1.29, 1.82) is 0 Å². The van der Waals surface area contributed by atoms with Gasteiger partial charge in [0.05, 0.1) is 18.9 Å². The third kappa shape index (κ3) is 4.37. The van der Waals surface area contributed by atoms with Crippen molar-refractivity contribution in [2.45, 2.75) is 0 Å². The molecule has 0 radical (unpaired) electrons. The largest absolute Gasteiger partial charge is 0.379 e. The van der Waals surface area contributed by atoms with Gasteiger partial charge in [-0.1, -0.05) is 30.3 Å². The van der Waals surface area contributed by atoms with Crippen LogP contribution in [0.4, 0.5) is 0 Å². The molecule has 1 aliphatic rings. The maximum absolute atomic E-state index is 12.3. The Morgan fingerprint density at radius 2 is 1.96 bits per heavy atom. The summed E-state index contributed by atoms with van der Waals surface area (Å²) >= 11 is 0. The highest BCUT2D eigenvalue weighted by Gasteiger charge is 2.11. The van der Waals surface area contributed by atoms with Crippen molar-refractivity contribution in [3.63, 3.8) is 0 Å². The standard InChI is InChI=1S/C18H21N3O2/c22-18(20-8-9-21-10-12-23-13-11-21)16-6-7-19-17(14-16)15-4-2-1-3-5-15/h1-7,14H,8-13H2,(H,20,22). The molecule has 5 heteroatoms. The normalized spacial score (nSPS) is 15.3. The molecule has 1 aromatic carbocycles. The lowest BCUT2D eigenvalue weighted by atomic mass is 10.1. The first-order chi connectivity index (χ1) is 11.3. The lowest BCUT2D eigenvalue weighted by molar-refractivity contribution is 0.0383. The summed E-state index contributed by atoms with van der Waals surface area (Å²) in [7, 11) is 0. The first-order valence-corrected chi connectivity index (χ1v) is 7.93. The average molecular weight is 311 g/mol. The minimum Gasteiger partial charge on any atom is -0.379 e. The maximum atomic E-state index is 12.3. The molecule has 120 valence electrons. The number of pyridine rings is 1. The van der Waals surface area contributed by atoms with E-state index in [0.29, 0.717) is 12.1 Å². The van der Waals surface area contributed by atoms with Gasteiger partial charge >= 0.3 is 0 Å². The van der Waals surface area contributed by atoms with Gasteiger partial charge in [-0.2, -0.15) is 0 Å². The average Bonchev–Trinajstić information content (AvgIpc) is 2.63. The van der Waals surface area contributed by atoms with Gasteiger partial charge in [0.15, 0.2) is 0 Å². The summed E-state index contributed by atoms with van der Waals surface area (Å²) in [6.45, 7) is 4.91. The van der Waals surface area contributed by atoms with E-state index in [1.807, 2.05) is 36.4 Å². The van der Waals surface area contributed by atoms with Crippen LogP contribution in [0.5, 0.6) is 0 Å². The minimum absolute atomic E-state index is 0.0576. The summed E-state index contributed by atoms with van der Waals surface area (Å²) in [6, 6.07) is 13.4. The number of benzene rings is 1. The van der Waals surface area contributed by atoms with Crippen molar-refractivity contribution in [3.8, 4) is 11.3 Å². The fourth-order valence-corrected chi connectivity index (χ4v) is 2.59. The molecule has 1 aliphatic heterocycles. The smallest absolute Gasteiger partial charge is 0.251 e. The Bertz CT molecular complexity index is 640. The van der Waals surface area contributed by atoms with Crippen LogP contribution in [0, 0.1) is 0 Å². The fourth-order valence-electron chi connectivity index (χ4n) is 2.59. The molecule has 23 heavy (non-hydrogen) atoms. The number of carbonyl (C=O) groups is 1. The van der Waals surface area contributed by atoms with E-state index in [9.17, 15) is 4.79 Å². The number of rotatable bonds is 5. The number of nitrogens with zero attached hydrogens (tertiary/aromatic N) is 2. The van der Waals surface area contributed by atoms with Crippen molar-refractivity contribution in [2.24, 2.45) is 0 Å². The molecule has 1 fully saturated rings. The summed E-state index contributed by atoms with van der Waals surface area (Å²) in [6.07, 6.45) is 1.68. The van der Waals surface area contributed by atoms with E-state index in [-0.39, 0.29) is 5.91 Å². The quantitative estimate of drug-likeness (QED) is 0.915. The van der Waals surface area contributed by atoms with Crippen LogP contribution in [0.15, 0.2) is 48.7 Å². The Hall–Kier alpha value is -2.24. The van der Waals surface area contributed by atoms with Crippen LogP contribution >= 0.6 is 0 Å². The number of aromatic nitrogens is 1. The second kappa shape index (κ2) is 7.85. The Balaban J connectivity index is 1.57. The van der Waals surface area contributed by atoms with Gasteiger partial charge < -0.3 is 10.1 Å². The van der Waals surface area contributed by atoms with E-state index in [0.717, 1.165) is 44.1 Å². The molecule has 3 rings (SSSR count). The van der Waals surface area contributed by atoms with Gasteiger partial charge in [0.1, 0.15) is 0 Å². The highest BCUT2D eigenvalue weighted by Crippen LogP contribution is 2.17. The van der Waals surface area contributed by atoms with E-state index in [4.69, 9.17) is 4.74 Å². The highest BCUT2D eigenvalue weighted by atomic mass is 16.5. The van der Waals surface area contributed by atoms with Crippen LogP contribution in [0.25, 0.3) is 11.3 Å². The molecule has 0 unspecified atom stereocenters. The molecular formula is C18H21N3O2. The molecule has 0 spiro atoms. The van der Waals surface area contributed by atoms with Gasteiger partial charge in [-0.15, -0.1) is 0 Å². The third-order valence-electron chi connectivity index (χ3n) is 3.91. The van der Waals surface area contributed by atoms with E-state index in [2.05, 4.69) is 15.2 Å². The number of carbonyl (C=O) groups excluding carboxylic acids is 1. The van der Waals surface area contributed by atoms with Crippen molar-refractivity contribution < 1.29 is 9.53 Å². The SMILES string of the molecule is O=C(NCCN1CCOCC1)c1ccnc(-c2ccccc2)c1. The van der Waals surface area contributed by atoms with Crippen LogP contribution in [-0.2, 0) is 4.74 Å². The lowest BCUT2D eigenvalue weighted by Gasteiger charge is -2.26. The molecule has 5 nitrogen and oxygen atoms in total. The van der Waals surface area contributed by atoms with Crippen molar-refractivity contribution in [1.82, 2.24) is 15.2 Å². The van der Waals surface area contributed by atoms with Crippen molar-refractivity contribution in [2.75, 3.05) is 39.4 Å². The summed E-state index contributed by atoms with van der Waals surface area (Å²) in [5.74, 6) is -0.0576. The minimum atomic E-state index is -0.0576. The van der Waals surface area contributed by atoms with Crippen molar-refractivity contribution >= 4 is 5.91 Å². The van der Waals surface area contributed by atoms with Gasteiger partial charge in [-0.05, 0) is 12.1 Å². The molecule has 0 bridgehead atoms. The first kappa shape index (κ1) is 15.6. The zero-order chi connectivity index (χ0) is 15.9. The molecule has 2 heterocycles.